The third kappa shape index (κ3) is 5.06. The van der Waals surface area contributed by atoms with Crippen molar-refractivity contribution < 1.29 is 14.3 Å². The summed E-state index contributed by atoms with van der Waals surface area (Å²) in [7, 11) is 1.61. The molecule has 2 amide bonds. The zero-order chi connectivity index (χ0) is 19.8. The summed E-state index contributed by atoms with van der Waals surface area (Å²) in [5, 5.41) is 2.99. The van der Waals surface area contributed by atoms with Crippen LogP contribution >= 0.6 is 0 Å². The minimum absolute atomic E-state index is 0.122. The smallest absolute Gasteiger partial charge is 0.322 e. The maximum absolute atomic E-state index is 12.8. The van der Waals surface area contributed by atoms with E-state index in [2.05, 4.69) is 22.1 Å². The van der Waals surface area contributed by atoms with Crippen LogP contribution in [-0.4, -0.2) is 55.8 Å². The van der Waals surface area contributed by atoms with Gasteiger partial charge in [-0.2, -0.15) is 0 Å². The van der Waals surface area contributed by atoms with E-state index >= 15 is 0 Å². The highest BCUT2D eigenvalue weighted by molar-refractivity contribution is 5.91. The van der Waals surface area contributed by atoms with Crippen LogP contribution in [0.4, 0.5) is 16.2 Å². The predicted octanol–water partition coefficient (Wildman–Crippen LogP) is 3.62. The number of carbonyl (C=O) groups excluding carboxylic acids is 1. The van der Waals surface area contributed by atoms with Crippen LogP contribution in [0.25, 0.3) is 0 Å². The lowest BCUT2D eigenvalue weighted by atomic mass is 10.2. The minimum atomic E-state index is -0.122. The van der Waals surface area contributed by atoms with E-state index in [-0.39, 0.29) is 6.03 Å². The van der Waals surface area contributed by atoms with Gasteiger partial charge in [0.15, 0.2) is 0 Å². The van der Waals surface area contributed by atoms with Crippen molar-refractivity contribution in [2.24, 2.45) is 0 Å². The average Bonchev–Trinajstić information content (AvgIpc) is 2.75. The van der Waals surface area contributed by atoms with Crippen LogP contribution in [0.2, 0.25) is 0 Å². The molecule has 0 spiro atoms. The van der Waals surface area contributed by atoms with E-state index in [1.54, 1.807) is 25.6 Å². The first-order valence-electron chi connectivity index (χ1n) is 9.73. The molecule has 1 fully saturated rings. The van der Waals surface area contributed by atoms with Crippen molar-refractivity contribution in [3.63, 3.8) is 0 Å². The van der Waals surface area contributed by atoms with Gasteiger partial charge in [-0.3, -0.25) is 4.98 Å². The fourth-order valence-corrected chi connectivity index (χ4v) is 3.10. The number of carbonyl (C=O) groups is 1. The fraction of sp³-hybridized carbons (Fsp3) is 0.429. The Hall–Kier alpha value is -2.96. The summed E-state index contributed by atoms with van der Waals surface area (Å²) >= 11 is 0. The van der Waals surface area contributed by atoms with E-state index < -0.39 is 0 Å². The Kier molecular flexibility index (Phi) is 6.94. The van der Waals surface area contributed by atoms with Crippen LogP contribution in [0.5, 0.6) is 11.5 Å². The van der Waals surface area contributed by atoms with Gasteiger partial charge in [0.05, 0.1) is 19.4 Å². The van der Waals surface area contributed by atoms with Crippen LogP contribution in [-0.2, 0) is 0 Å². The predicted molar refractivity (Wildman–Crippen MR) is 110 cm³/mol. The van der Waals surface area contributed by atoms with E-state index in [4.69, 9.17) is 9.47 Å². The van der Waals surface area contributed by atoms with Gasteiger partial charge in [-0.05, 0) is 30.7 Å². The molecule has 1 aliphatic rings. The molecule has 2 aromatic rings. The lowest BCUT2D eigenvalue weighted by Crippen LogP contribution is -2.50. The summed E-state index contributed by atoms with van der Waals surface area (Å²) in [5.74, 6) is 1.35. The van der Waals surface area contributed by atoms with Gasteiger partial charge in [0.25, 0.3) is 0 Å². The molecule has 0 atom stereocenters. The molecule has 2 heterocycles. The first-order chi connectivity index (χ1) is 13.7. The number of anilines is 2. The van der Waals surface area contributed by atoms with Crippen LogP contribution in [0.3, 0.4) is 0 Å². The number of nitrogens with zero attached hydrogens (tertiary/aromatic N) is 3. The first kappa shape index (κ1) is 19.8. The lowest BCUT2D eigenvalue weighted by Gasteiger charge is -2.36. The van der Waals surface area contributed by atoms with E-state index in [1.807, 2.05) is 29.2 Å². The van der Waals surface area contributed by atoms with Crippen molar-refractivity contribution in [2.45, 2.75) is 19.8 Å². The molecule has 0 saturated carbocycles. The standard InChI is InChI=1S/C21H28N4O3/c1-3-4-15-28-20-6-5-18(27-2)16-19(20)23-21(26)25-13-11-24(12-14-25)17-7-9-22-10-8-17/h5-10,16H,3-4,11-15H2,1-2H3,(H,23,26). The van der Waals surface area contributed by atoms with Crippen molar-refractivity contribution in [1.29, 1.82) is 0 Å². The molecule has 150 valence electrons. The SMILES string of the molecule is CCCCOc1ccc(OC)cc1NC(=O)N1CCN(c2ccncc2)CC1. The Morgan fingerprint density at radius 1 is 1.14 bits per heavy atom. The maximum Gasteiger partial charge on any atom is 0.322 e. The summed E-state index contributed by atoms with van der Waals surface area (Å²) < 4.78 is 11.1. The van der Waals surface area contributed by atoms with Gasteiger partial charge >= 0.3 is 6.03 Å². The zero-order valence-electron chi connectivity index (χ0n) is 16.6. The molecule has 7 heteroatoms. The molecule has 0 unspecified atom stereocenters. The van der Waals surface area contributed by atoms with Gasteiger partial charge < -0.3 is 24.6 Å². The van der Waals surface area contributed by atoms with E-state index in [0.717, 1.165) is 31.6 Å². The fourth-order valence-electron chi connectivity index (χ4n) is 3.10. The normalized spacial score (nSPS) is 13.9. The number of methoxy groups -OCH3 is 1. The highest BCUT2D eigenvalue weighted by atomic mass is 16.5. The second-order valence-electron chi connectivity index (χ2n) is 6.67. The van der Waals surface area contributed by atoms with Gasteiger partial charge in [-0.1, -0.05) is 13.3 Å². The third-order valence-electron chi connectivity index (χ3n) is 4.78. The molecular formula is C21H28N4O3. The number of unbranched alkanes of at least 4 members (excludes halogenated alkanes) is 1. The molecule has 1 aliphatic heterocycles. The second kappa shape index (κ2) is 9.82. The summed E-state index contributed by atoms with van der Waals surface area (Å²) in [6.07, 6.45) is 5.60. The molecule has 1 saturated heterocycles. The minimum Gasteiger partial charge on any atom is -0.497 e. The zero-order valence-corrected chi connectivity index (χ0v) is 16.6. The maximum atomic E-state index is 12.8. The molecule has 0 bridgehead atoms. The Balaban J connectivity index is 1.61. The number of nitrogens with one attached hydrogen (secondary N) is 1. The molecular weight excluding hydrogens is 356 g/mol. The Morgan fingerprint density at radius 3 is 2.57 bits per heavy atom. The Bertz CT molecular complexity index is 762. The summed E-state index contributed by atoms with van der Waals surface area (Å²) in [4.78, 5) is 20.9. The Labute approximate surface area is 166 Å². The number of aromatic nitrogens is 1. The lowest BCUT2D eigenvalue weighted by molar-refractivity contribution is 0.208. The number of pyridine rings is 1. The summed E-state index contributed by atoms with van der Waals surface area (Å²) in [6, 6.07) is 9.34. The highest BCUT2D eigenvalue weighted by Crippen LogP contribution is 2.30. The topological polar surface area (TPSA) is 66.9 Å². The van der Waals surface area contributed by atoms with Gasteiger partial charge in [-0.25, -0.2) is 4.79 Å². The quantitative estimate of drug-likeness (QED) is 0.739. The molecule has 28 heavy (non-hydrogen) atoms. The van der Waals surface area contributed by atoms with Crippen LogP contribution in [0.15, 0.2) is 42.7 Å². The molecule has 0 aliphatic carbocycles. The monoisotopic (exact) mass is 384 g/mol. The first-order valence-corrected chi connectivity index (χ1v) is 9.73. The number of amides is 2. The molecule has 1 aromatic carbocycles. The summed E-state index contributed by atoms with van der Waals surface area (Å²) in [6.45, 7) is 5.63. The summed E-state index contributed by atoms with van der Waals surface area (Å²) in [5.41, 5.74) is 1.77. The number of hydrogen-bond acceptors (Lipinski definition) is 5. The molecule has 7 nitrogen and oxygen atoms in total. The van der Waals surface area contributed by atoms with Gasteiger partial charge in [-0.15, -0.1) is 0 Å². The molecule has 1 aromatic heterocycles. The van der Waals surface area contributed by atoms with Crippen molar-refractivity contribution in [3.05, 3.63) is 42.7 Å². The number of urea groups is 1. The van der Waals surface area contributed by atoms with Crippen LogP contribution in [0.1, 0.15) is 19.8 Å². The van der Waals surface area contributed by atoms with Crippen LogP contribution < -0.4 is 19.7 Å². The molecule has 3 rings (SSSR count). The number of rotatable bonds is 7. The van der Waals surface area contributed by atoms with Gasteiger partial charge in [0.2, 0.25) is 0 Å². The largest absolute Gasteiger partial charge is 0.497 e. The highest BCUT2D eigenvalue weighted by Gasteiger charge is 2.22. The number of hydrogen-bond donors (Lipinski definition) is 1. The third-order valence-corrected chi connectivity index (χ3v) is 4.78. The molecule has 1 N–H and O–H groups in total. The van der Waals surface area contributed by atoms with Gasteiger partial charge in [0, 0.05) is 50.3 Å². The van der Waals surface area contributed by atoms with Crippen molar-refractivity contribution >= 4 is 17.4 Å². The van der Waals surface area contributed by atoms with Crippen molar-refractivity contribution in [1.82, 2.24) is 9.88 Å². The van der Waals surface area contributed by atoms with E-state index in [9.17, 15) is 4.79 Å². The number of ether oxygens (including phenoxy) is 2. The Morgan fingerprint density at radius 2 is 1.89 bits per heavy atom. The van der Waals surface area contributed by atoms with Crippen LogP contribution in [0, 0.1) is 0 Å². The number of benzene rings is 1. The van der Waals surface area contributed by atoms with Crippen molar-refractivity contribution in [2.75, 3.05) is 50.1 Å². The molecule has 0 radical (unpaired) electrons. The van der Waals surface area contributed by atoms with E-state index in [0.29, 0.717) is 36.9 Å². The van der Waals surface area contributed by atoms with Crippen molar-refractivity contribution in [3.8, 4) is 11.5 Å². The van der Waals surface area contributed by atoms with E-state index in [1.165, 1.54) is 0 Å². The van der Waals surface area contributed by atoms with Gasteiger partial charge in [0.1, 0.15) is 11.5 Å². The second-order valence-corrected chi connectivity index (χ2v) is 6.67. The average molecular weight is 384 g/mol. The number of piperazine rings is 1.